The topological polar surface area (TPSA) is 38.0 Å². The predicted molar refractivity (Wildman–Crippen MR) is 47.2 cm³/mol. The Labute approximate surface area is 75.7 Å². The molecule has 0 bridgehead atoms. The zero-order chi connectivity index (χ0) is 9.84. The number of rotatable bonds is 3. The maximum atomic E-state index is 12.4. The van der Waals surface area contributed by atoms with Crippen LogP contribution in [0.2, 0.25) is 0 Å². The molecular weight excluding hydrogens is 174 g/mol. The molecule has 4 heteroatoms. The Morgan fingerprint density at radius 3 is 2.54 bits per heavy atom. The van der Waals surface area contributed by atoms with Crippen LogP contribution in [0, 0.1) is 6.92 Å². The highest BCUT2D eigenvalue weighted by Crippen LogP contribution is 2.20. The van der Waals surface area contributed by atoms with E-state index in [0.29, 0.717) is 5.56 Å². The molecule has 1 unspecified atom stereocenters. The number of nitrogens with one attached hydrogen (secondary N) is 1. The minimum absolute atomic E-state index is 0.512. The molecule has 72 valence electrons. The molecule has 0 aromatic heterocycles. The normalized spacial score (nSPS) is 13.3. The van der Waals surface area contributed by atoms with Gasteiger partial charge in [0.15, 0.2) is 0 Å². The van der Waals surface area contributed by atoms with Crippen molar-refractivity contribution < 1.29 is 8.78 Å². The highest BCUT2D eigenvalue weighted by molar-refractivity contribution is 5.25. The van der Waals surface area contributed by atoms with Crippen LogP contribution in [0.1, 0.15) is 17.2 Å². The van der Waals surface area contributed by atoms with Gasteiger partial charge in [-0.05, 0) is 12.5 Å². The van der Waals surface area contributed by atoms with Crippen molar-refractivity contribution in [1.82, 2.24) is 5.43 Å². The van der Waals surface area contributed by atoms with Crippen molar-refractivity contribution in [3.63, 3.8) is 0 Å². The summed E-state index contributed by atoms with van der Waals surface area (Å²) in [6.07, 6.45) is -2.49. The van der Waals surface area contributed by atoms with E-state index in [-0.39, 0.29) is 0 Å². The van der Waals surface area contributed by atoms with Crippen molar-refractivity contribution in [2.24, 2.45) is 5.84 Å². The molecule has 0 saturated heterocycles. The quantitative estimate of drug-likeness (QED) is 0.557. The van der Waals surface area contributed by atoms with Crippen LogP contribution in [0.4, 0.5) is 8.78 Å². The average molecular weight is 186 g/mol. The summed E-state index contributed by atoms with van der Waals surface area (Å²) in [7, 11) is 0. The van der Waals surface area contributed by atoms with E-state index in [1.807, 2.05) is 13.0 Å². The van der Waals surface area contributed by atoms with Crippen molar-refractivity contribution in [3.8, 4) is 0 Å². The largest absolute Gasteiger partial charge is 0.271 e. The van der Waals surface area contributed by atoms with Gasteiger partial charge in [-0.3, -0.25) is 5.84 Å². The lowest BCUT2D eigenvalue weighted by atomic mass is 10.1. The molecule has 1 rings (SSSR count). The molecule has 0 saturated carbocycles. The minimum atomic E-state index is -2.49. The molecule has 2 nitrogen and oxygen atoms in total. The van der Waals surface area contributed by atoms with E-state index in [4.69, 9.17) is 5.84 Å². The van der Waals surface area contributed by atoms with Crippen molar-refractivity contribution >= 4 is 0 Å². The minimum Gasteiger partial charge on any atom is -0.271 e. The first kappa shape index (κ1) is 10.1. The van der Waals surface area contributed by atoms with Crippen molar-refractivity contribution in [1.29, 1.82) is 0 Å². The van der Waals surface area contributed by atoms with Gasteiger partial charge in [0.2, 0.25) is 0 Å². The molecule has 0 aliphatic heterocycles. The van der Waals surface area contributed by atoms with E-state index in [1.54, 1.807) is 18.2 Å². The van der Waals surface area contributed by atoms with E-state index >= 15 is 0 Å². The summed E-state index contributed by atoms with van der Waals surface area (Å²) in [5.74, 6) is 5.03. The van der Waals surface area contributed by atoms with E-state index in [2.05, 4.69) is 5.43 Å². The predicted octanol–water partition coefficient (Wildman–Crippen LogP) is 1.76. The van der Waals surface area contributed by atoms with Crippen molar-refractivity contribution in [3.05, 3.63) is 35.4 Å². The number of nitrogens with two attached hydrogens (primary N) is 1. The molecule has 0 aliphatic carbocycles. The lowest BCUT2D eigenvalue weighted by Gasteiger charge is -2.15. The molecule has 1 aromatic carbocycles. The lowest BCUT2D eigenvalue weighted by molar-refractivity contribution is 0.0986. The molecule has 1 aromatic rings. The van der Waals surface area contributed by atoms with Gasteiger partial charge in [0, 0.05) is 0 Å². The van der Waals surface area contributed by atoms with Gasteiger partial charge < -0.3 is 0 Å². The molecule has 13 heavy (non-hydrogen) atoms. The SMILES string of the molecule is Cc1cccc(C(NN)C(F)F)c1. The van der Waals surface area contributed by atoms with Gasteiger partial charge in [0.05, 0.1) is 0 Å². The van der Waals surface area contributed by atoms with Crippen molar-refractivity contribution in [2.45, 2.75) is 19.4 Å². The summed E-state index contributed by atoms with van der Waals surface area (Å²) >= 11 is 0. The van der Waals surface area contributed by atoms with Crippen LogP contribution in [0.5, 0.6) is 0 Å². The summed E-state index contributed by atoms with van der Waals surface area (Å²) in [6.45, 7) is 1.85. The molecule has 1 atom stereocenters. The number of hydrogen-bond donors (Lipinski definition) is 2. The Kier molecular flexibility index (Phi) is 3.33. The molecule has 0 radical (unpaired) electrons. The average Bonchev–Trinajstić information content (AvgIpc) is 2.04. The van der Waals surface area contributed by atoms with Gasteiger partial charge in [-0.2, -0.15) is 0 Å². The van der Waals surface area contributed by atoms with Crippen LogP contribution in [0.25, 0.3) is 0 Å². The van der Waals surface area contributed by atoms with Crippen LogP contribution < -0.4 is 11.3 Å². The van der Waals surface area contributed by atoms with Gasteiger partial charge in [-0.25, -0.2) is 14.2 Å². The second-order valence-electron chi connectivity index (χ2n) is 2.89. The zero-order valence-corrected chi connectivity index (χ0v) is 7.30. The zero-order valence-electron chi connectivity index (χ0n) is 7.30. The second-order valence-corrected chi connectivity index (χ2v) is 2.89. The van der Waals surface area contributed by atoms with Gasteiger partial charge >= 0.3 is 0 Å². The summed E-state index contributed by atoms with van der Waals surface area (Å²) in [4.78, 5) is 0. The third-order valence-electron chi connectivity index (χ3n) is 1.83. The van der Waals surface area contributed by atoms with Gasteiger partial charge in [-0.15, -0.1) is 0 Å². The molecule has 3 N–H and O–H groups in total. The van der Waals surface area contributed by atoms with E-state index in [1.165, 1.54) is 0 Å². The first-order valence-electron chi connectivity index (χ1n) is 3.96. The Hall–Kier alpha value is -1.00. The number of halogens is 2. The molecular formula is C9H12F2N2. The smallest absolute Gasteiger partial charge is 0.259 e. The number of hydrogen-bond acceptors (Lipinski definition) is 2. The van der Waals surface area contributed by atoms with Crippen LogP contribution in [-0.4, -0.2) is 6.43 Å². The first-order valence-corrected chi connectivity index (χ1v) is 3.96. The molecule has 0 heterocycles. The fraction of sp³-hybridized carbons (Fsp3) is 0.333. The Bertz CT molecular complexity index is 276. The maximum Gasteiger partial charge on any atom is 0.259 e. The van der Waals surface area contributed by atoms with E-state index < -0.39 is 12.5 Å². The molecule has 0 spiro atoms. The summed E-state index contributed by atoms with van der Waals surface area (Å²) in [5.41, 5.74) is 3.55. The van der Waals surface area contributed by atoms with Crippen LogP contribution in [0.3, 0.4) is 0 Å². The molecule has 0 aliphatic rings. The van der Waals surface area contributed by atoms with Gasteiger partial charge in [0.25, 0.3) is 6.43 Å². The summed E-state index contributed by atoms with van der Waals surface area (Å²) in [6, 6.07) is 5.82. The fourth-order valence-electron chi connectivity index (χ4n) is 1.18. The fourth-order valence-corrected chi connectivity index (χ4v) is 1.18. The molecule has 0 amide bonds. The summed E-state index contributed by atoms with van der Waals surface area (Å²) in [5, 5.41) is 0. The monoisotopic (exact) mass is 186 g/mol. The Morgan fingerprint density at radius 2 is 2.08 bits per heavy atom. The standard InChI is InChI=1S/C9H12F2N2/c1-6-3-2-4-7(5-6)8(13-12)9(10)11/h2-5,8-9,13H,12H2,1H3. The lowest BCUT2D eigenvalue weighted by Crippen LogP contribution is -2.32. The van der Waals surface area contributed by atoms with Crippen LogP contribution in [0.15, 0.2) is 24.3 Å². The van der Waals surface area contributed by atoms with Crippen molar-refractivity contribution in [2.75, 3.05) is 0 Å². The number of aryl methyl sites for hydroxylation is 1. The van der Waals surface area contributed by atoms with E-state index in [9.17, 15) is 8.78 Å². The molecule has 0 fully saturated rings. The highest BCUT2D eigenvalue weighted by atomic mass is 19.3. The number of hydrazine groups is 1. The summed E-state index contributed by atoms with van der Waals surface area (Å²) < 4.78 is 24.7. The van der Waals surface area contributed by atoms with Crippen LogP contribution >= 0.6 is 0 Å². The third kappa shape index (κ3) is 2.47. The Morgan fingerprint density at radius 1 is 1.38 bits per heavy atom. The van der Waals surface area contributed by atoms with Gasteiger partial charge in [-0.1, -0.05) is 29.8 Å². The Balaban J connectivity index is 2.91. The van der Waals surface area contributed by atoms with E-state index in [0.717, 1.165) is 5.56 Å². The first-order chi connectivity index (χ1) is 6.15. The number of benzene rings is 1. The maximum absolute atomic E-state index is 12.4. The van der Waals surface area contributed by atoms with Crippen LogP contribution in [-0.2, 0) is 0 Å². The second kappa shape index (κ2) is 4.30. The number of alkyl halides is 2. The third-order valence-corrected chi connectivity index (χ3v) is 1.83. The highest BCUT2D eigenvalue weighted by Gasteiger charge is 2.20. The van der Waals surface area contributed by atoms with Gasteiger partial charge in [0.1, 0.15) is 6.04 Å².